The van der Waals surface area contributed by atoms with Crippen LogP contribution in [0.1, 0.15) is 45.4 Å². The van der Waals surface area contributed by atoms with Crippen molar-refractivity contribution in [3.8, 4) is 0 Å². The van der Waals surface area contributed by atoms with Crippen LogP contribution < -0.4 is 0 Å². The van der Waals surface area contributed by atoms with Gasteiger partial charge in [-0.3, -0.25) is 4.57 Å². The molecule has 4 rings (SSSR count). The number of hydrogen-bond acceptors (Lipinski definition) is 4. The summed E-state index contributed by atoms with van der Waals surface area (Å²) in [7, 11) is 0. The molecule has 3 aliphatic heterocycles. The molecule has 3 aliphatic rings. The van der Waals surface area contributed by atoms with Gasteiger partial charge in [0.05, 0.1) is 11.2 Å². The zero-order valence-corrected chi connectivity index (χ0v) is 13.1. The second kappa shape index (κ2) is 4.44. The molecule has 0 aromatic carbocycles. The van der Waals surface area contributed by atoms with E-state index in [1.54, 1.807) is 6.33 Å². The molecule has 4 heterocycles. The second-order valence-corrected chi connectivity index (χ2v) is 6.39. The van der Waals surface area contributed by atoms with Crippen molar-refractivity contribution in [1.82, 2.24) is 19.7 Å². The number of hydrogen-bond donors (Lipinski definition) is 0. The van der Waals surface area contributed by atoms with Crippen molar-refractivity contribution in [2.45, 2.75) is 45.1 Å². The molecule has 1 saturated heterocycles. The molecule has 0 N–H and O–H groups in total. The van der Waals surface area contributed by atoms with Crippen LogP contribution >= 0.6 is 11.6 Å². The van der Waals surface area contributed by atoms with Crippen LogP contribution in [-0.2, 0) is 5.54 Å². The van der Waals surface area contributed by atoms with Crippen molar-refractivity contribution in [1.29, 1.82) is 0 Å². The summed E-state index contributed by atoms with van der Waals surface area (Å²) < 4.78 is 2.09. The smallest absolute Gasteiger partial charge is 0.163 e. The lowest BCUT2D eigenvalue weighted by Crippen LogP contribution is -2.49. The summed E-state index contributed by atoms with van der Waals surface area (Å²) in [5.41, 5.74) is 2.12. The Morgan fingerprint density at radius 1 is 1.43 bits per heavy atom. The van der Waals surface area contributed by atoms with Crippen LogP contribution in [-0.4, -0.2) is 32.0 Å². The van der Waals surface area contributed by atoms with E-state index in [0.717, 1.165) is 49.6 Å². The lowest BCUT2D eigenvalue weighted by molar-refractivity contribution is 0.233. The average molecular weight is 304 g/mol. The lowest BCUT2D eigenvalue weighted by atomic mass is 9.94. The van der Waals surface area contributed by atoms with E-state index in [4.69, 9.17) is 16.6 Å². The SMILES string of the molecule is CCC1=C(Cl)N=C2C(=CC1)n1cnnc1C1(C)CCCN21. The number of nitrogens with zero attached hydrogens (tertiary/aromatic N) is 5. The molecule has 1 unspecified atom stereocenters. The fourth-order valence-electron chi connectivity index (χ4n) is 3.63. The normalized spacial score (nSPS) is 27.7. The molecule has 1 aromatic rings. The number of fused-ring (bicyclic) bond motifs is 6. The Labute approximate surface area is 129 Å². The molecular weight excluding hydrogens is 286 g/mol. The topological polar surface area (TPSA) is 46.3 Å². The summed E-state index contributed by atoms with van der Waals surface area (Å²) in [6.07, 6.45) is 7.96. The number of aliphatic imine (C=N–C) groups is 1. The molecular formula is C15H18ClN5. The van der Waals surface area contributed by atoms with Gasteiger partial charge in [0, 0.05) is 6.54 Å². The van der Waals surface area contributed by atoms with Crippen molar-refractivity contribution in [3.63, 3.8) is 0 Å². The molecule has 0 bridgehead atoms. The zero-order chi connectivity index (χ0) is 14.6. The standard InChI is InChI=1S/C15H18ClN5/c1-3-10-5-6-11-13(18-12(10)16)21-8-4-7-15(21,2)14-19-17-9-20(11)14/h6,9H,3-5,7-8H2,1-2H3. The Kier molecular flexibility index (Phi) is 2.76. The third-order valence-electron chi connectivity index (χ3n) is 4.88. The molecule has 5 nitrogen and oxygen atoms in total. The maximum absolute atomic E-state index is 6.44. The van der Waals surface area contributed by atoms with Crippen LogP contribution in [0.25, 0.3) is 5.70 Å². The maximum atomic E-state index is 6.44. The van der Waals surface area contributed by atoms with Crippen LogP contribution in [0.3, 0.4) is 0 Å². The molecule has 110 valence electrons. The fourth-order valence-corrected chi connectivity index (χ4v) is 3.92. The minimum absolute atomic E-state index is 0.124. The highest BCUT2D eigenvalue weighted by Gasteiger charge is 2.48. The number of rotatable bonds is 1. The Bertz CT molecular complexity index is 699. The summed E-state index contributed by atoms with van der Waals surface area (Å²) in [4.78, 5) is 7.11. The molecule has 0 saturated carbocycles. The Morgan fingerprint density at radius 3 is 3.10 bits per heavy atom. The number of amidine groups is 1. The number of aromatic nitrogens is 3. The largest absolute Gasteiger partial charge is 0.342 e. The summed E-state index contributed by atoms with van der Waals surface area (Å²) in [6, 6.07) is 0. The summed E-state index contributed by atoms with van der Waals surface area (Å²) >= 11 is 6.44. The Morgan fingerprint density at radius 2 is 2.29 bits per heavy atom. The first-order chi connectivity index (χ1) is 10.1. The minimum Gasteiger partial charge on any atom is -0.342 e. The van der Waals surface area contributed by atoms with Crippen LogP contribution in [0.5, 0.6) is 0 Å². The van der Waals surface area contributed by atoms with Crippen molar-refractivity contribution in [2.24, 2.45) is 4.99 Å². The summed E-state index contributed by atoms with van der Waals surface area (Å²) in [5, 5.41) is 9.16. The van der Waals surface area contributed by atoms with Gasteiger partial charge >= 0.3 is 0 Å². The highest BCUT2D eigenvalue weighted by Crippen LogP contribution is 2.44. The van der Waals surface area contributed by atoms with Gasteiger partial charge in [-0.2, -0.15) is 0 Å². The van der Waals surface area contributed by atoms with Crippen molar-refractivity contribution in [2.75, 3.05) is 6.54 Å². The molecule has 1 atom stereocenters. The molecule has 1 aromatic heterocycles. The van der Waals surface area contributed by atoms with Crippen LogP contribution in [0.4, 0.5) is 0 Å². The van der Waals surface area contributed by atoms with E-state index in [2.05, 4.69) is 39.6 Å². The van der Waals surface area contributed by atoms with E-state index in [-0.39, 0.29) is 5.54 Å². The molecule has 6 heteroatoms. The predicted octanol–water partition coefficient (Wildman–Crippen LogP) is 3.11. The minimum atomic E-state index is -0.124. The van der Waals surface area contributed by atoms with Gasteiger partial charge in [-0.15, -0.1) is 10.2 Å². The van der Waals surface area contributed by atoms with Crippen LogP contribution in [0.15, 0.2) is 28.1 Å². The first-order valence-electron chi connectivity index (χ1n) is 7.50. The van der Waals surface area contributed by atoms with Crippen molar-refractivity contribution >= 4 is 23.1 Å². The summed E-state index contributed by atoms with van der Waals surface area (Å²) in [5.74, 6) is 1.98. The molecule has 21 heavy (non-hydrogen) atoms. The first-order valence-corrected chi connectivity index (χ1v) is 7.88. The lowest BCUT2D eigenvalue weighted by Gasteiger charge is -2.41. The quantitative estimate of drug-likeness (QED) is 0.749. The van der Waals surface area contributed by atoms with E-state index >= 15 is 0 Å². The highest BCUT2D eigenvalue weighted by molar-refractivity contribution is 6.32. The van der Waals surface area contributed by atoms with Gasteiger partial charge in [-0.05, 0) is 38.2 Å². The Balaban J connectivity index is 1.96. The van der Waals surface area contributed by atoms with Crippen molar-refractivity contribution in [3.05, 3.63) is 29.0 Å². The molecule has 1 fully saturated rings. The van der Waals surface area contributed by atoms with Gasteiger partial charge in [0.15, 0.2) is 11.7 Å². The second-order valence-electron chi connectivity index (χ2n) is 6.03. The monoisotopic (exact) mass is 303 g/mol. The van der Waals surface area contributed by atoms with Gasteiger partial charge < -0.3 is 4.90 Å². The molecule has 0 amide bonds. The van der Waals surface area contributed by atoms with Gasteiger partial charge in [0.25, 0.3) is 0 Å². The van der Waals surface area contributed by atoms with E-state index in [1.165, 1.54) is 5.57 Å². The third-order valence-corrected chi connectivity index (χ3v) is 5.23. The van der Waals surface area contributed by atoms with Gasteiger partial charge in [0.1, 0.15) is 11.5 Å². The van der Waals surface area contributed by atoms with E-state index in [0.29, 0.717) is 5.16 Å². The number of allylic oxidation sites excluding steroid dienone is 2. The molecule has 0 spiro atoms. The summed E-state index contributed by atoms with van der Waals surface area (Å²) in [6.45, 7) is 5.34. The van der Waals surface area contributed by atoms with Gasteiger partial charge in [-0.25, -0.2) is 4.99 Å². The predicted molar refractivity (Wildman–Crippen MR) is 82.8 cm³/mol. The molecule has 0 radical (unpaired) electrons. The average Bonchev–Trinajstić information content (AvgIpc) is 3.05. The van der Waals surface area contributed by atoms with Gasteiger partial charge in [0.2, 0.25) is 0 Å². The fraction of sp³-hybridized carbons (Fsp3) is 0.533. The maximum Gasteiger partial charge on any atom is 0.163 e. The zero-order valence-electron chi connectivity index (χ0n) is 12.3. The molecule has 0 aliphatic carbocycles. The van der Waals surface area contributed by atoms with E-state index in [9.17, 15) is 0 Å². The highest BCUT2D eigenvalue weighted by atomic mass is 35.5. The van der Waals surface area contributed by atoms with Gasteiger partial charge in [-0.1, -0.05) is 24.6 Å². The third kappa shape index (κ3) is 1.67. The van der Waals surface area contributed by atoms with Crippen molar-refractivity contribution < 1.29 is 0 Å². The van der Waals surface area contributed by atoms with Crippen LogP contribution in [0, 0.1) is 0 Å². The van der Waals surface area contributed by atoms with E-state index in [1.807, 2.05) is 0 Å². The Hall–Kier alpha value is -1.62. The number of halogens is 1. The first kappa shape index (κ1) is 13.1. The van der Waals surface area contributed by atoms with Crippen LogP contribution in [0.2, 0.25) is 0 Å². The van der Waals surface area contributed by atoms with E-state index < -0.39 is 0 Å².